The molecule has 5 heteroatoms. The van der Waals surface area contributed by atoms with E-state index >= 15 is 0 Å². The van der Waals surface area contributed by atoms with Crippen molar-refractivity contribution in [2.24, 2.45) is 0 Å². The van der Waals surface area contributed by atoms with Gasteiger partial charge < -0.3 is 14.4 Å². The van der Waals surface area contributed by atoms with Crippen molar-refractivity contribution in [3.8, 4) is 5.75 Å². The molecule has 0 spiro atoms. The summed E-state index contributed by atoms with van der Waals surface area (Å²) in [5.41, 5.74) is 2.83. The second-order valence-electron chi connectivity index (χ2n) is 5.57. The number of ether oxygens (including phenoxy) is 2. The molecule has 5 nitrogen and oxygen atoms in total. The molecule has 0 saturated heterocycles. The summed E-state index contributed by atoms with van der Waals surface area (Å²) in [6.07, 6.45) is 1.27. The second-order valence-corrected chi connectivity index (χ2v) is 5.57. The summed E-state index contributed by atoms with van der Waals surface area (Å²) in [4.78, 5) is 26.4. The Morgan fingerprint density at radius 1 is 1.16 bits per heavy atom. The number of rotatable bonds is 5. The molecule has 0 N–H and O–H groups in total. The van der Waals surface area contributed by atoms with Gasteiger partial charge in [-0.1, -0.05) is 30.3 Å². The lowest BCUT2D eigenvalue weighted by atomic mass is 10.1. The van der Waals surface area contributed by atoms with E-state index in [-0.39, 0.29) is 12.5 Å². The van der Waals surface area contributed by atoms with Crippen molar-refractivity contribution in [2.45, 2.75) is 13.5 Å². The molecule has 0 bridgehead atoms. The van der Waals surface area contributed by atoms with Crippen molar-refractivity contribution in [2.75, 3.05) is 18.6 Å². The number of para-hydroxylation sites is 1. The molecule has 0 radical (unpaired) electrons. The lowest BCUT2D eigenvalue weighted by Gasteiger charge is -2.17. The van der Waals surface area contributed by atoms with Crippen molar-refractivity contribution in [1.82, 2.24) is 0 Å². The van der Waals surface area contributed by atoms with Gasteiger partial charge in [-0.25, -0.2) is 4.79 Å². The fraction of sp³-hybridized carbons (Fsp3) is 0.200. The van der Waals surface area contributed by atoms with E-state index in [4.69, 9.17) is 9.47 Å². The van der Waals surface area contributed by atoms with Crippen LogP contribution in [0.1, 0.15) is 18.1 Å². The maximum atomic E-state index is 12.9. The van der Waals surface area contributed by atoms with Crippen LogP contribution in [0.25, 0.3) is 5.57 Å². The van der Waals surface area contributed by atoms with Gasteiger partial charge in [0.05, 0.1) is 31.5 Å². The zero-order valence-corrected chi connectivity index (χ0v) is 14.2. The molecule has 0 atom stereocenters. The molecule has 2 aromatic carbocycles. The van der Waals surface area contributed by atoms with Gasteiger partial charge in [-0.05, 0) is 30.7 Å². The summed E-state index contributed by atoms with van der Waals surface area (Å²) < 4.78 is 10.2. The summed E-state index contributed by atoms with van der Waals surface area (Å²) in [5.74, 6) is 0.0145. The van der Waals surface area contributed by atoms with E-state index < -0.39 is 5.97 Å². The molecular formula is C20H19NO4. The zero-order valence-electron chi connectivity index (χ0n) is 14.2. The molecule has 0 aromatic heterocycles. The van der Waals surface area contributed by atoms with Gasteiger partial charge in [-0.3, -0.25) is 4.79 Å². The Morgan fingerprint density at radius 3 is 2.72 bits per heavy atom. The SMILES string of the molecule is CCOC(=O)/C=C1/C(=O)N(Cc2cccc(OC)c2)c2ccccc21. The minimum absolute atomic E-state index is 0.211. The normalized spacial score (nSPS) is 14.6. The number of anilines is 1. The number of nitrogens with zero attached hydrogens (tertiary/aromatic N) is 1. The highest BCUT2D eigenvalue weighted by Crippen LogP contribution is 2.37. The zero-order chi connectivity index (χ0) is 17.8. The van der Waals surface area contributed by atoms with Crippen LogP contribution in [0.2, 0.25) is 0 Å². The first-order valence-corrected chi connectivity index (χ1v) is 8.06. The van der Waals surface area contributed by atoms with Crippen molar-refractivity contribution in [3.05, 3.63) is 65.7 Å². The molecule has 0 saturated carbocycles. The van der Waals surface area contributed by atoms with Crippen LogP contribution >= 0.6 is 0 Å². The van der Waals surface area contributed by atoms with Crippen molar-refractivity contribution in [3.63, 3.8) is 0 Å². The molecule has 1 aliphatic rings. The van der Waals surface area contributed by atoms with Crippen molar-refractivity contribution in [1.29, 1.82) is 0 Å². The van der Waals surface area contributed by atoms with Crippen LogP contribution < -0.4 is 9.64 Å². The van der Waals surface area contributed by atoms with Crippen LogP contribution in [0.5, 0.6) is 5.75 Å². The van der Waals surface area contributed by atoms with Gasteiger partial charge in [0.2, 0.25) is 0 Å². The molecule has 128 valence electrons. The van der Waals surface area contributed by atoms with E-state index in [9.17, 15) is 9.59 Å². The van der Waals surface area contributed by atoms with Crippen LogP contribution in [-0.4, -0.2) is 25.6 Å². The number of benzene rings is 2. The lowest BCUT2D eigenvalue weighted by molar-refractivity contribution is -0.137. The van der Waals surface area contributed by atoms with Crippen LogP contribution in [0.4, 0.5) is 5.69 Å². The van der Waals surface area contributed by atoms with Crippen LogP contribution in [0, 0.1) is 0 Å². The molecule has 3 rings (SSSR count). The molecule has 0 aliphatic carbocycles. The summed E-state index contributed by atoms with van der Waals surface area (Å²) in [7, 11) is 1.61. The third-order valence-corrected chi connectivity index (χ3v) is 3.98. The monoisotopic (exact) mass is 337 g/mol. The summed E-state index contributed by atoms with van der Waals surface area (Å²) in [6.45, 7) is 2.40. The smallest absolute Gasteiger partial charge is 0.331 e. The van der Waals surface area contributed by atoms with Gasteiger partial charge >= 0.3 is 5.97 Å². The molecule has 0 unspecified atom stereocenters. The number of hydrogen-bond donors (Lipinski definition) is 0. The lowest BCUT2D eigenvalue weighted by Crippen LogP contribution is -2.26. The molecular weight excluding hydrogens is 318 g/mol. The van der Waals surface area contributed by atoms with E-state index in [1.807, 2.05) is 48.5 Å². The highest BCUT2D eigenvalue weighted by molar-refractivity contribution is 6.34. The fourth-order valence-electron chi connectivity index (χ4n) is 2.86. The molecule has 0 fully saturated rings. The molecule has 25 heavy (non-hydrogen) atoms. The predicted molar refractivity (Wildman–Crippen MR) is 95.2 cm³/mol. The van der Waals surface area contributed by atoms with E-state index in [2.05, 4.69) is 0 Å². The van der Waals surface area contributed by atoms with Gasteiger partial charge in [0.25, 0.3) is 5.91 Å². The molecule has 1 aliphatic heterocycles. The number of methoxy groups -OCH3 is 1. The van der Waals surface area contributed by atoms with Gasteiger partial charge in [-0.15, -0.1) is 0 Å². The second kappa shape index (κ2) is 7.21. The first kappa shape index (κ1) is 16.8. The Bertz CT molecular complexity index is 841. The van der Waals surface area contributed by atoms with E-state index in [0.717, 1.165) is 22.6 Å². The highest BCUT2D eigenvalue weighted by Gasteiger charge is 2.32. The molecule has 1 heterocycles. The Hall–Kier alpha value is -3.08. The average Bonchev–Trinajstić information content (AvgIpc) is 2.88. The topological polar surface area (TPSA) is 55.8 Å². The van der Waals surface area contributed by atoms with Crippen molar-refractivity contribution < 1.29 is 19.1 Å². The molecule has 2 aromatic rings. The minimum atomic E-state index is -0.510. The number of esters is 1. The fourth-order valence-corrected chi connectivity index (χ4v) is 2.86. The number of carbonyl (C=O) groups is 2. The number of amides is 1. The average molecular weight is 337 g/mol. The third kappa shape index (κ3) is 3.40. The maximum absolute atomic E-state index is 12.9. The Kier molecular flexibility index (Phi) is 4.84. The molecule has 1 amide bonds. The van der Waals surface area contributed by atoms with Crippen LogP contribution in [-0.2, 0) is 20.9 Å². The van der Waals surface area contributed by atoms with E-state index in [1.54, 1.807) is 18.9 Å². The first-order chi connectivity index (χ1) is 12.1. The summed E-state index contributed by atoms with van der Waals surface area (Å²) in [5, 5.41) is 0. The third-order valence-electron chi connectivity index (χ3n) is 3.98. The first-order valence-electron chi connectivity index (χ1n) is 8.06. The Labute approximate surface area is 146 Å². The minimum Gasteiger partial charge on any atom is -0.497 e. The van der Waals surface area contributed by atoms with Gasteiger partial charge in [0.1, 0.15) is 5.75 Å². The van der Waals surface area contributed by atoms with Gasteiger partial charge in [0.15, 0.2) is 0 Å². The van der Waals surface area contributed by atoms with Crippen LogP contribution in [0.3, 0.4) is 0 Å². The quantitative estimate of drug-likeness (QED) is 0.621. The Morgan fingerprint density at radius 2 is 1.96 bits per heavy atom. The highest BCUT2D eigenvalue weighted by atomic mass is 16.5. The van der Waals surface area contributed by atoms with E-state index in [1.165, 1.54) is 6.08 Å². The number of fused-ring (bicyclic) bond motifs is 1. The van der Waals surface area contributed by atoms with Gasteiger partial charge in [0, 0.05) is 11.6 Å². The van der Waals surface area contributed by atoms with Gasteiger partial charge in [-0.2, -0.15) is 0 Å². The summed E-state index contributed by atoms with van der Waals surface area (Å²) in [6, 6.07) is 15.0. The largest absolute Gasteiger partial charge is 0.497 e. The van der Waals surface area contributed by atoms with Crippen LogP contribution in [0.15, 0.2) is 54.6 Å². The van der Waals surface area contributed by atoms with E-state index in [0.29, 0.717) is 12.1 Å². The maximum Gasteiger partial charge on any atom is 0.331 e. The predicted octanol–water partition coefficient (Wildman–Crippen LogP) is 3.19. The summed E-state index contributed by atoms with van der Waals surface area (Å²) >= 11 is 0. The standard InChI is InChI=1S/C20H19NO4/c1-3-25-19(22)12-17-16-9-4-5-10-18(16)21(20(17)23)13-14-7-6-8-15(11-14)24-2/h4-12H,3,13H2,1-2H3/b17-12+. The number of carbonyl (C=O) groups excluding carboxylic acids is 2. The van der Waals surface area contributed by atoms with Crippen molar-refractivity contribution >= 4 is 23.1 Å². The Balaban J connectivity index is 1.95. The number of hydrogen-bond acceptors (Lipinski definition) is 4.